The summed E-state index contributed by atoms with van der Waals surface area (Å²) >= 11 is 6.03. The van der Waals surface area contributed by atoms with E-state index in [1.165, 1.54) is 4.90 Å². The predicted octanol–water partition coefficient (Wildman–Crippen LogP) is 3.64. The molecule has 1 amide bonds. The molecule has 0 saturated carbocycles. The molecule has 0 aromatic heterocycles. The quantitative estimate of drug-likeness (QED) is 0.432. The van der Waals surface area contributed by atoms with E-state index < -0.39 is 17.7 Å². The minimum absolute atomic E-state index is 0.0781. The lowest BCUT2D eigenvalue weighted by Crippen LogP contribution is -2.35. The van der Waals surface area contributed by atoms with Gasteiger partial charge in [-0.05, 0) is 62.5 Å². The number of Topliss-reactive ketones (excluding diaryl/α,β-unsaturated/α-hetero) is 1. The van der Waals surface area contributed by atoms with E-state index in [0.29, 0.717) is 35.0 Å². The van der Waals surface area contributed by atoms with Gasteiger partial charge in [0, 0.05) is 23.7 Å². The number of hydrogen-bond acceptors (Lipinski definition) is 5. The second kappa shape index (κ2) is 8.90. The zero-order chi connectivity index (χ0) is 22.0. The van der Waals surface area contributed by atoms with Crippen molar-refractivity contribution in [1.82, 2.24) is 9.80 Å². The van der Waals surface area contributed by atoms with Crippen molar-refractivity contribution in [3.63, 3.8) is 0 Å². The van der Waals surface area contributed by atoms with Crippen molar-refractivity contribution in [1.29, 1.82) is 0 Å². The van der Waals surface area contributed by atoms with Crippen LogP contribution in [0.5, 0.6) is 5.75 Å². The van der Waals surface area contributed by atoms with Gasteiger partial charge in [0.25, 0.3) is 11.7 Å². The molecule has 1 aliphatic heterocycles. The van der Waals surface area contributed by atoms with Gasteiger partial charge >= 0.3 is 0 Å². The molecular formula is C23H25ClN2O4. The first-order chi connectivity index (χ1) is 14.2. The Balaban J connectivity index is 2.16. The zero-order valence-electron chi connectivity index (χ0n) is 17.5. The predicted molar refractivity (Wildman–Crippen MR) is 117 cm³/mol. The number of methoxy groups -OCH3 is 1. The number of carbonyl (C=O) groups excluding carboxylic acids is 2. The Bertz CT molecular complexity index is 999. The monoisotopic (exact) mass is 428 g/mol. The van der Waals surface area contributed by atoms with E-state index in [1.807, 2.05) is 25.9 Å². The van der Waals surface area contributed by atoms with Gasteiger partial charge in [0.2, 0.25) is 0 Å². The van der Waals surface area contributed by atoms with Crippen LogP contribution in [-0.2, 0) is 9.59 Å². The number of benzene rings is 2. The summed E-state index contributed by atoms with van der Waals surface area (Å²) in [6.45, 7) is 2.75. The first-order valence-corrected chi connectivity index (χ1v) is 9.96. The number of ether oxygens (including phenoxy) is 1. The molecule has 1 fully saturated rings. The SMILES string of the molecule is COc1ccc(C(O)=C2C(=O)C(=O)N(CCN(C)C)[C@@H]2c2ccc(Cl)cc2)c(C)c1. The van der Waals surface area contributed by atoms with Crippen LogP contribution in [0.3, 0.4) is 0 Å². The number of carbonyl (C=O) groups is 2. The fourth-order valence-electron chi connectivity index (χ4n) is 3.58. The minimum Gasteiger partial charge on any atom is -0.507 e. The average Bonchev–Trinajstić information content (AvgIpc) is 2.96. The molecule has 0 unspecified atom stereocenters. The Hall–Kier alpha value is -2.83. The van der Waals surface area contributed by atoms with E-state index in [0.717, 1.165) is 5.56 Å². The van der Waals surface area contributed by atoms with Crippen LogP contribution in [0.4, 0.5) is 0 Å². The van der Waals surface area contributed by atoms with Crippen LogP contribution >= 0.6 is 11.6 Å². The van der Waals surface area contributed by atoms with E-state index in [-0.39, 0.29) is 11.3 Å². The molecule has 3 rings (SSSR count). The van der Waals surface area contributed by atoms with Crippen LogP contribution in [0.1, 0.15) is 22.7 Å². The highest BCUT2D eigenvalue weighted by Gasteiger charge is 2.46. The number of rotatable bonds is 6. The van der Waals surface area contributed by atoms with E-state index >= 15 is 0 Å². The van der Waals surface area contributed by atoms with E-state index in [4.69, 9.17) is 16.3 Å². The molecule has 158 valence electrons. The van der Waals surface area contributed by atoms with Crippen LogP contribution in [-0.4, -0.2) is 60.9 Å². The van der Waals surface area contributed by atoms with Gasteiger partial charge in [0.1, 0.15) is 11.5 Å². The van der Waals surface area contributed by atoms with Gasteiger partial charge < -0.3 is 19.6 Å². The van der Waals surface area contributed by atoms with Crippen molar-refractivity contribution in [2.45, 2.75) is 13.0 Å². The number of aliphatic hydroxyl groups is 1. The molecule has 0 aliphatic carbocycles. The van der Waals surface area contributed by atoms with Crippen molar-refractivity contribution < 1.29 is 19.4 Å². The van der Waals surface area contributed by atoms with Gasteiger partial charge in [-0.15, -0.1) is 0 Å². The normalized spacial score (nSPS) is 18.3. The third kappa shape index (κ3) is 4.20. The largest absolute Gasteiger partial charge is 0.507 e. The highest BCUT2D eigenvalue weighted by molar-refractivity contribution is 6.46. The number of ketones is 1. The molecule has 2 aromatic carbocycles. The van der Waals surface area contributed by atoms with Crippen molar-refractivity contribution >= 4 is 29.1 Å². The van der Waals surface area contributed by atoms with E-state index in [9.17, 15) is 14.7 Å². The molecule has 2 aromatic rings. The standard InChI is InChI=1S/C23H25ClN2O4/c1-14-13-17(30-4)9-10-18(14)21(27)19-20(15-5-7-16(24)8-6-15)26(12-11-25(2)3)23(29)22(19)28/h5-10,13,20,27H,11-12H2,1-4H3/t20-/m1/s1. The Kier molecular flexibility index (Phi) is 6.48. The van der Waals surface area contributed by atoms with Gasteiger partial charge in [-0.25, -0.2) is 0 Å². The summed E-state index contributed by atoms with van der Waals surface area (Å²) in [7, 11) is 5.36. The van der Waals surface area contributed by atoms with Crippen LogP contribution in [0.15, 0.2) is 48.0 Å². The lowest BCUT2D eigenvalue weighted by atomic mass is 9.94. The topological polar surface area (TPSA) is 70.1 Å². The number of nitrogens with zero attached hydrogens (tertiary/aromatic N) is 2. The third-order valence-corrected chi connectivity index (χ3v) is 5.45. The van der Waals surface area contributed by atoms with Crippen molar-refractivity contribution in [2.75, 3.05) is 34.3 Å². The first kappa shape index (κ1) is 21.9. The fourth-order valence-corrected chi connectivity index (χ4v) is 3.71. The number of aliphatic hydroxyl groups excluding tert-OH is 1. The summed E-state index contributed by atoms with van der Waals surface area (Å²) in [5.74, 6) is -0.864. The average molecular weight is 429 g/mol. The maximum Gasteiger partial charge on any atom is 0.295 e. The Morgan fingerprint density at radius 1 is 1.17 bits per heavy atom. The molecule has 6 nitrogen and oxygen atoms in total. The number of halogens is 1. The summed E-state index contributed by atoms with van der Waals surface area (Å²) in [6, 6.07) is 11.4. The molecule has 30 heavy (non-hydrogen) atoms. The Morgan fingerprint density at radius 3 is 2.40 bits per heavy atom. The second-order valence-electron chi connectivity index (χ2n) is 7.53. The van der Waals surface area contributed by atoms with E-state index in [2.05, 4.69) is 0 Å². The molecule has 0 bridgehead atoms. The highest BCUT2D eigenvalue weighted by Crippen LogP contribution is 2.40. The molecule has 1 N–H and O–H groups in total. The molecule has 0 spiro atoms. The molecule has 1 heterocycles. The van der Waals surface area contributed by atoms with Crippen LogP contribution < -0.4 is 4.74 Å². The van der Waals surface area contributed by atoms with Gasteiger partial charge in [0.05, 0.1) is 18.7 Å². The van der Waals surface area contributed by atoms with Crippen LogP contribution in [0, 0.1) is 6.92 Å². The smallest absolute Gasteiger partial charge is 0.295 e. The second-order valence-corrected chi connectivity index (χ2v) is 7.96. The van der Waals surface area contributed by atoms with Gasteiger partial charge in [-0.1, -0.05) is 23.7 Å². The molecular weight excluding hydrogens is 404 g/mol. The first-order valence-electron chi connectivity index (χ1n) is 9.58. The van der Waals surface area contributed by atoms with Crippen molar-refractivity contribution in [2.24, 2.45) is 0 Å². The van der Waals surface area contributed by atoms with Crippen LogP contribution in [0.2, 0.25) is 5.02 Å². The number of amides is 1. The summed E-state index contributed by atoms with van der Waals surface area (Å²) in [6.07, 6.45) is 0. The molecule has 1 saturated heterocycles. The van der Waals surface area contributed by atoms with Gasteiger partial charge in [-0.3, -0.25) is 9.59 Å². The van der Waals surface area contributed by atoms with E-state index in [1.54, 1.807) is 49.6 Å². The summed E-state index contributed by atoms with van der Waals surface area (Å²) in [5.41, 5.74) is 2.01. The summed E-state index contributed by atoms with van der Waals surface area (Å²) in [5, 5.41) is 11.7. The van der Waals surface area contributed by atoms with Gasteiger partial charge in [0.15, 0.2) is 0 Å². The lowest BCUT2D eigenvalue weighted by molar-refractivity contribution is -0.140. The number of hydrogen-bond donors (Lipinski definition) is 1. The summed E-state index contributed by atoms with van der Waals surface area (Å²) < 4.78 is 5.22. The summed E-state index contributed by atoms with van der Waals surface area (Å²) in [4.78, 5) is 29.3. The molecule has 1 aliphatic rings. The maximum absolute atomic E-state index is 13.0. The van der Waals surface area contributed by atoms with Gasteiger partial charge in [-0.2, -0.15) is 0 Å². The molecule has 1 atom stereocenters. The lowest BCUT2D eigenvalue weighted by Gasteiger charge is -2.26. The Labute approximate surface area is 181 Å². The van der Waals surface area contributed by atoms with Crippen molar-refractivity contribution in [3.8, 4) is 5.75 Å². The molecule has 0 radical (unpaired) electrons. The minimum atomic E-state index is -0.693. The fraction of sp³-hybridized carbons (Fsp3) is 0.304. The third-order valence-electron chi connectivity index (χ3n) is 5.20. The number of aryl methyl sites for hydroxylation is 1. The molecule has 7 heteroatoms. The zero-order valence-corrected chi connectivity index (χ0v) is 18.2. The number of likely N-dealkylation sites (N-methyl/N-ethyl adjacent to an activating group) is 1. The number of likely N-dealkylation sites (tertiary alicyclic amines) is 1. The Morgan fingerprint density at radius 2 is 1.83 bits per heavy atom. The van der Waals surface area contributed by atoms with Crippen molar-refractivity contribution in [3.05, 3.63) is 69.8 Å². The van der Waals surface area contributed by atoms with Crippen LogP contribution in [0.25, 0.3) is 5.76 Å². The highest BCUT2D eigenvalue weighted by atomic mass is 35.5. The maximum atomic E-state index is 13.0.